The van der Waals surface area contributed by atoms with Gasteiger partial charge >= 0.3 is 6.18 Å². The molecule has 1 saturated heterocycles. The summed E-state index contributed by atoms with van der Waals surface area (Å²) in [6.45, 7) is 2.16. The second-order valence-corrected chi connectivity index (χ2v) is 8.48. The third-order valence-corrected chi connectivity index (χ3v) is 5.94. The van der Waals surface area contributed by atoms with E-state index in [0.29, 0.717) is 12.3 Å². The van der Waals surface area contributed by atoms with E-state index in [1.54, 1.807) is 0 Å². The van der Waals surface area contributed by atoms with Crippen LogP contribution < -0.4 is 5.32 Å². The predicted molar refractivity (Wildman–Crippen MR) is 119 cm³/mol. The van der Waals surface area contributed by atoms with Crippen molar-refractivity contribution in [3.63, 3.8) is 0 Å². The molecule has 2 N–H and O–H groups in total. The number of nitrogens with zero attached hydrogens (tertiary/aromatic N) is 2. The SMILES string of the molecule is O=C(Cc1ccc(C2CCNCC2)cc1C1=CCCCC1)c1n[nH]c(Cl)n1.O=CC(F)(F)F. The summed E-state index contributed by atoms with van der Waals surface area (Å²) < 4.78 is 31.2. The van der Waals surface area contributed by atoms with Gasteiger partial charge in [0.15, 0.2) is 0 Å². The molecule has 1 aromatic heterocycles. The Labute approximate surface area is 195 Å². The average Bonchev–Trinajstić information content (AvgIpc) is 3.27. The highest BCUT2D eigenvalue weighted by molar-refractivity contribution is 6.28. The zero-order valence-electron chi connectivity index (χ0n) is 18.1. The Hall–Kier alpha value is -2.52. The summed E-state index contributed by atoms with van der Waals surface area (Å²) in [6.07, 6.45) is 3.97. The van der Waals surface area contributed by atoms with Crippen molar-refractivity contribution in [2.75, 3.05) is 13.1 Å². The topological polar surface area (TPSA) is 87.7 Å². The Bertz CT molecular complexity index is 998. The fourth-order valence-corrected chi connectivity index (χ4v) is 4.28. The number of aromatic amines is 1. The zero-order chi connectivity index (χ0) is 23.8. The normalized spacial score (nSPS) is 17.0. The number of piperidine rings is 1. The highest BCUT2D eigenvalue weighted by Crippen LogP contribution is 2.34. The van der Waals surface area contributed by atoms with Crippen LogP contribution in [0.3, 0.4) is 0 Å². The summed E-state index contributed by atoms with van der Waals surface area (Å²) in [4.78, 5) is 25.3. The number of hydrogen-bond donors (Lipinski definition) is 2. The molecule has 33 heavy (non-hydrogen) atoms. The monoisotopic (exact) mass is 482 g/mol. The number of ketones is 1. The van der Waals surface area contributed by atoms with Gasteiger partial charge in [0.25, 0.3) is 0 Å². The molecule has 1 aliphatic heterocycles. The maximum Gasteiger partial charge on any atom is 0.446 e. The van der Waals surface area contributed by atoms with Gasteiger partial charge in [-0.2, -0.15) is 18.2 Å². The molecule has 0 amide bonds. The summed E-state index contributed by atoms with van der Waals surface area (Å²) in [7, 11) is 0. The largest absolute Gasteiger partial charge is 0.446 e. The lowest BCUT2D eigenvalue weighted by Crippen LogP contribution is -2.26. The van der Waals surface area contributed by atoms with Crippen molar-refractivity contribution in [2.45, 2.75) is 57.0 Å². The fourth-order valence-electron chi connectivity index (χ4n) is 4.16. The van der Waals surface area contributed by atoms with Crippen molar-refractivity contribution < 1.29 is 22.8 Å². The van der Waals surface area contributed by atoms with Gasteiger partial charge in [-0.15, -0.1) is 5.10 Å². The first-order valence-corrected chi connectivity index (χ1v) is 11.3. The Balaban J connectivity index is 0.000000454. The van der Waals surface area contributed by atoms with Crippen molar-refractivity contribution in [1.29, 1.82) is 0 Å². The molecule has 0 radical (unpaired) electrons. The van der Waals surface area contributed by atoms with Gasteiger partial charge in [-0.05, 0) is 91.4 Å². The van der Waals surface area contributed by atoms with Crippen LogP contribution in [0, 0.1) is 0 Å². The number of Topliss-reactive ketones (excluding diaryl/α,β-unsaturated/α-hetero) is 1. The summed E-state index contributed by atoms with van der Waals surface area (Å²) in [5.41, 5.74) is 5.08. The molecular weight excluding hydrogens is 457 g/mol. The molecule has 0 spiro atoms. The van der Waals surface area contributed by atoms with Crippen molar-refractivity contribution >= 4 is 29.2 Å². The van der Waals surface area contributed by atoms with Crippen LogP contribution in [0.1, 0.15) is 71.8 Å². The lowest BCUT2D eigenvalue weighted by atomic mass is 9.84. The van der Waals surface area contributed by atoms with Gasteiger partial charge in [0, 0.05) is 6.42 Å². The van der Waals surface area contributed by atoms with E-state index < -0.39 is 12.5 Å². The molecular formula is C23H26ClF3N4O2. The van der Waals surface area contributed by atoms with Crippen LogP contribution in [0.5, 0.6) is 0 Å². The van der Waals surface area contributed by atoms with E-state index in [4.69, 9.17) is 16.4 Å². The molecule has 1 aliphatic carbocycles. The van der Waals surface area contributed by atoms with E-state index >= 15 is 0 Å². The molecule has 178 valence electrons. The summed E-state index contributed by atoms with van der Waals surface area (Å²) in [6, 6.07) is 6.67. The second-order valence-electron chi connectivity index (χ2n) is 8.13. The Morgan fingerprint density at radius 1 is 1.21 bits per heavy atom. The third kappa shape index (κ3) is 7.50. The number of carbonyl (C=O) groups excluding carboxylic acids is 2. The predicted octanol–water partition coefficient (Wildman–Crippen LogP) is 5.06. The van der Waals surface area contributed by atoms with E-state index in [1.807, 2.05) is 0 Å². The van der Waals surface area contributed by atoms with Crippen molar-refractivity contribution in [2.24, 2.45) is 0 Å². The maximum atomic E-state index is 12.6. The van der Waals surface area contributed by atoms with E-state index in [-0.39, 0.29) is 16.9 Å². The van der Waals surface area contributed by atoms with Gasteiger partial charge in [0.1, 0.15) is 0 Å². The van der Waals surface area contributed by atoms with E-state index in [2.05, 4.69) is 44.8 Å². The lowest BCUT2D eigenvalue weighted by molar-refractivity contribution is -0.156. The van der Waals surface area contributed by atoms with Crippen LogP contribution in [-0.4, -0.2) is 46.5 Å². The number of halogens is 4. The number of aromatic nitrogens is 3. The van der Waals surface area contributed by atoms with Crippen LogP contribution in [0.4, 0.5) is 13.2 Å². The fraction of sp³-hybridized carbons (Fsp3) is 0.478. The molecule has 0 bridgehead atoms. The summed E-state index contributed by atoms with van der Waals surface area (Å²) in [5.74, 6) is 0.655. The van der Waals surface area contributed by atoms with Crippen LogP contribution in [0.2, 0.25) is 5.28 Å². The molecule has 1 fully saturated rings. The Morgan fingerprint density at radius 3 is 2.52 bits per heavy atom. The van der Waals surface area contributed by atoms with Crippen LogP contribution >= 0.6 is 11.6 Å². The third-order valence-electron chi connectivity index (χ3n) is 5.77. The van der Waals surface area contributed by atoms with Crippen molar-refractivity contribution in [3.05, 3.63) is 52.1 Å². The molecule has 4 rings (SSSR count). The number of hydrogen-bond acceptors (Lipinski definition) is 5. The summed E-state index contributed by atoms with van der Waals surface area (Å²) >= 11 is 5.77. The minimum atomic E-state index is -4.64. The molecule has 2 heterocycles. The number of aldehydes is 1. The lowest BCUT2D eigenvalue weighted by Gasteiger charge is -2.25. The molecule has 0 atom stereocenters. The molecule has 2 aliphatic rings. The van der Waals surface area contributed by atoms with Crippen LogP contribution in [0.15, 0.2) is 24.3 Å². The second kappa shape index (κ2) is 11.6. The van der Waals surface area contributed by atoms with Crippen molar-refractivity contribution in [3.8, 4) is 0 Å². The standard InChI is InChI=1S/C21H25ClN4O.C2HF3O/c22-21-24-20(25-26-21)19(27)13-17-7-6-16(14-8-10-23-11-9-14)12-18(17)15-4-2-1-3-5-15;3-2(4,5)1-6/h4,6-7,12,14,23H,1-3,5,8-11,13H2,(H,24,25,26);1H. The first-order valence-electron chi connectivity index (χ1n) is 10.9. The first-order chi connectivity index (χ1) is 15.8. The molecule has 0 saturated carbocycles. The number of nitrogens with one attached hydrogen (secondary N) is 2. The minimum Gasteiger partial charge on any atom is -0.317 e. The highest BCUT2D eigenvalue weighted by atomic mass is 35.5. The maximum absolute atomic E-state index is 12.6. The number of H-pyrrole nitrogens is 1. The number of allylic oxidation sites excluding steroid dienone is 2. The Morgan fingerprint density at radius 2 is 1.94 bits per heavy atom. The van der Waals surface area contributed by atoms with E-state index in [0.717, 1.165) is 31.5 Å². The highest BCUT2D eigenvalue weighted by Gasteiger charge is 2.25. The molecule has 6 nitrogen and oxygen atoms in total. The zero-order valence-corrected chi connectivity index (χ0v) is 18.8. The molecule has 10 heteroatoms. The molecule has 0 unspecified atom stereocenters. The van der Waals surface area contributed by atoms with Gasteiger partial charge in [-0.1, -0.05) is 24.3 Å². The van der Waals surface area contributed by atoms with Gasteiger partial charge in [-0.25, -0.2) is 5.10 Å². The van der Waals surface area contributed by atoms with Crippen molar-refractivity contribution in [1.82, 2.24) is 20.5 Å². The number of carbonyl (C=O) groups is 2. The smallest absolute Gasteiger partial charge is 0.317 e. The van der Waals surface area contributed by atoms with Crippen LogP contribution in [0.25, 0.3) is 5.57 Å². The Kier molecular flexibility index (Phi) is 8.80. The molecule has 2 aromatic rings. The van der Waals surface area contributed by atoms with E-state index in [1.165, 1.54) is 42.4 Å². The quantitative estimate of drug-likeness (QED) is 0.459. The number of benzene rings is 1. The number of rotatable bonds is 5. The van der Waals surface area contributed by atoms with Crippen LogP contribution in [-0.2, 0) is 11.2 Å². The molecule has 1 aromatic carbocycles. The average molecular weight is 483 g/mol. The van der Waals surface area contributed by atoms with E-state index in [9.17, 15) is 18.0 Å². The summed E-state index contributed by atoms with van der Waals surface area (Å²) in [5, 5.41) is 10.0. The minimum absolute atomic E-state index is 0.106. The first kappa shape index (κ1) is 25.1. The van der Waals surface area contributed by atoms with Gasteiger partial charge in [0.2, 0.25) is 23.2 Å². The van der Waals surface area contributed by atoms with Gasteiger partial charge < -0.3 is 5.32 Å². The van der Waals surface area contributed by atoms with Gasteiger partial charge in [-0.3, -0.25) is 9.59 Å². The van der Waals surface area contributed by atoms with Gasteiger partial charge in [0.05, 0.1) is 0 Å². The number of alkyl halides is 3.